The number of hydrogen-bond acceptors (Lipinski definition) is 6. The van der Waals surface area contributed by atoms with E-state index in [1.807, 2.05) is 0 Å². The Morgan fingerprint density at radius 3 is 2.76 bits per heavy atom. The summed E-state index contributed by atoms with van der Waals surface area (Å²) in [6, 6.07) is 0.0759. The minimum absolute atomic E-state index is 0.110. The van der Waals surface area contributed by atoms with Gasteiger partial charge in [0.15, 0.2) is 0 Å². The molecule has 178 valence electrons. The van der Waals surface area contributed by atoms with Gasteiger partial charge in [-0.2, -0.15) is 18.3 Å². The fourth-order valence-electron chi connectivity index (χ4n) is 4.57. The average molecular weight is 478 g/mol. The van der Waals surface area contributed by atoms with Crippen molar-refractivity contribution in [2.45, 2.75) is 31.2 Å². The fraction of sp³-hybridized carbons (Fsp3) is 0.333. The zero-order valence-electron chi connectivity index (χ0n) is 17.7. The first-order valence-corrected chi connectivity index (χ1v) is 10.3. The number of piperidine rings is 1. The molecule has 3 aromatic rings. The molecule has 34 heavy (non-hydrogen) atoms. The summed E-state index contributed by atoms with van der Waals surface area (Å²) in [6.45, 7) is 0.110. The molecule has 5 rings (SSSR count). The quantitative estimate of drug-likeness (QED) is 0.411. The molecule has 0 unspecified atom stereocenters. The van der Waals surface area contributed by atoms with Gasteiger partial charge in [-0.25, -0.2) is 9.37 Å². The normalized spacial score (nSPS) is 19.5. The van der Waals surface area contributed by atoms with E-state index in [0.717, 1.165) is 11.0 Å². The van der Waals surface area contributed by atoms with Crippen molar-refractivity contribution in [3.63, 3.8) is 0 Å². The molecule has 4 heterocycles. The molecule has 1 aromatic carbocycles. The van der Waals surface area contributed by atoms with Crippen LogP contribution >= 0.6 is 0 Å². The highest BCUT2D eigenvalue weighted by atomic mass is 19.4. The number of ether oxygens (including phenoxy) is 1. The van der Waals surface area contributed by atoms with Crippen molar-refractivity contribution in [2.75, 3.05) is 17.6 Å². The van der Waals surface area contributed by atoms with Gasteiger partial charge in [-0.15, -0.1) is 0 Å². The predicted octanol–water partition coefficient (Wildman–Crippen LogP) is 2.77. The number of benzene rings is 1. The molecule has 0 saturated carbocycles. The van der Waals surface area contributed by atoms with Crippen LogP contribution in [0.15, 0.2) is 24.5 Å². The number of anilines is 2. The number of likely N-dealkylation sites (tertiary alicyclic amines) is 1. The number of nitrogens with zero attached hydrogens (tertiary/aromatic N) is 4. The molecule has 2 atom stereocenters. The molecule has 1 fully saturated rings. The Hall–Kier alpha value is -3.90. The molecule has 2 aromatic heterocycles. The Morgan fingerprint density at radius 2 is 2.03 bits per heavy atom. The van der Waals surface area contributed by atoms with E-state index in [1.165, 1.54) is 17.1 Å². The molecular formula is C21H18F4N6O3. The highest BCUT2D eigenvalue weighted by Crippen LogP contribution is 2.47. The van der Waals surface area contributed by atoms with Gasteiger partial charge in [0.05, 0.1) is 29.2 Å². The highest BCUT2D eigenvalue weighted by molar-refractivity contribution is 6.40. The zero-order valence-corrected chi connectivity index (χ0v) is 17.7. The molecule has 2 amide bonds. The van der Waals surface area contributed by atoms with Gasteiger partial charge >= 0.3 is 18.0 Å². The Morgan fingerprint density at radius 1 is 1.26 bits per heavy atom. The lowest BCUT2D eigenvalue weighted by Gasteiger charge is -2.36. The number of carbonyl (C=O) groups is 2. The van der Waals surface area contributed by atoms with E-state index in [2.05, 4.69) is 15.4 Å². The number of rotatable bonds is 1. The molecule has 0 spiro atoms. The summed E-state index contributed by atoms with van der Waals surface area (Å²) in [6.07, 6.45) is -1.95. The number of pyridine rings is 1. The third-order valence-electron chi connectivity index (χ3n) is 6.08. The SMILES string of the molecule is Cn1ncc2c(NC(=O)C(=O)N3CCC[C@@H]4Oc5cc(C(F)(F)F)cc(F)c5[C@@H]43)cnc(N)c21. The van der Waals surface area contributed by atoms with Gasteiger partial charge in [-0.3, -0.25) is 14.3 Å². The number of halogens is 4. The van der Waals surface area contributed by atoms with Crippen LogP contribution in [0, 0.1) is 5.82 Å². The van der Waals surface area contributed by atoms with Crippen molar-refractivity contribution in [3.8, 4) is 5.75 Å². The van der Waals surface area contributed by atoms with Crippen molar-refractivity contribution in [1.82, 2.24) is 19.7 Å². The second kappa shape index (κ2) is 7.57. The van der Waals surface area contributed by atoms with Gasteiger partial charge in [0.25, 0.3) is 0 Å². The van der Waals surface area contributed by atoms with Gasteiger partial charge in [0.2, 0.25) is 0 Å². The van der Waals surface area contributed by atoms with E-state index in [1.54, 1.807) is 7.05 Å². The van der Waals surface area contributed by atoms with E-state index in [9.17, 15) is 27.2 Å². The minimum atomic E-state index is -4.76. The van der Waals surface area contributed by atoms with Crippen LogP contribution < -0.4 is 15.8 Å². The Bertz CT molecular complexity index is 1340. The van der Waals surface area contributed by atoms with E-state index >= 15 is 0 Å². The van der Waals surface area contributed by atoms with Crippen LogP contribution in [0.25, 0.3) is 10.9 Å². The molecule has 2 aliphatic heterocycles. The first kappa shape index (κ1) is 21.9. The molecule has 1 saturated heterocycles. The number of nitrogen functional groups attached to an aromatic ring is 1. The summed E-state index contributed by atoms with van der Waals surface area (Å²) in [5.41, 5.74) is 5.17. The number of aryl methyl sites for hydroxylation is 1. The van der Waals surface area contributed by atoms with Crippen molar-refractivity contribution >= 4 is 34.2 Å². The minimum Gasteiger partial charge on any atom is -0.487 e. The third kappa shape index (κ3) is 3.38. The molecule has 0 radical (unpaired) electrons. The molecule has 9 nitrogen and oxygen atoms in total. The predicted molar refractivity (Wildman–Crippen MR) is 111 cm³/mol. The second-order valence-corrected chi connectivity index (χ2v) is 8.15. The maximum absolute atomic E-state index is 14.8. The molecule has 13 heteroatoms. The van der Waals surface area contributed by atoms with Crippen LogP contribution in [-0.4, -0.2) is 44.1 Å². The standard InChI is InChI=1S/C21H18F4N6O3/c1-30-16-10(7-28-30)12(8-27-18(16)26)29-19(32)20(33)31-4-2-3-13-17(31)15-11(22)5-9(21(23,24)25)6-14(15)34-13/h5-8,13,17H,2-4H2,1H3,(H2,26,27)(H,29,32)/t13-,17+/m0/s1. The van der Waals surface area contributed by atoms with Gasteiger partial charge in [-0.05, 0) is 25.0 Å². The fourth-order valence-corrected chi connectivity index (χ4v) is 4.57. The van der Waals surface area contributed by atoms with Crippen LogP contribution in [0.4, 0.5) is 29.1 Å². The van der Waals surface area contributed by atoms with Crippen LogP contribution in [0.2, 0.25) is 0 Å². The lowest BCUT2D eigenvalue weighted by molar-refractivity contribution is -0.147. The van der Waals surface area contributed by atoms with Gasteiger partial charge in [-0.1, -0.05) is 0 Å². The monoisotopic (exact) mass is 478 g/mol. The Balaban J connectivity index is 1.45. The lowest BCUT2D eigenvalue weighted by Crippen LogP contribution is -2.48. The second-order valence-electron chi connectivity index (χ2n) is 8.15. The lowest BCUT2D eigenvalue weighted by atomic mass is 9.93. The number of alkyl halides is 3. The van der Waals surface area contributed by atoms with Crippen molar-refractivity contribution in [1.29, 1.82) is 0 Å². The molecule has 0 aliphatic carbocycles. The van der Waals surface area contributed by atoms with E-state index in [4.69, 9.17) is 10.5 Å². The van der Waals surface area contributed by atoms with Gasteiger partial charge in [0.1, 0.15) is 35.0 Å². The maximum atomic E-state index is 14.8. The van der Waals surface area contributed by atoms with E-state index in [0.29, 0.717) is 29.8 Å². The number of nitrogens with two attached hydrogens (primary N) is 1. The summed E-state index contributed by atoms with van der Waals surface area (Å²) in [5, 5.41) is 7.02. The van der Waals surface area contributed by atoms with Crippen molar-refractivity contribution in [2.24, 2.45) is 7.05 Å². The topological polar surface area (TPSA) is 115 Å². The van der Waals surface area contributed by atoms with Crippen molar-refractivity contribution < 1.29 is 31.9 Å². The van der Waals surface area contributed by atoms with Crippen LogP contribution in [0.5, 0.6) is 5.75 Å². The summed E-state index contributed by atoms with van der Waals surface area (Å²) in [7, 11) is 1.64. The first-order chi connectivity index (χ1) is 16.1. The Labute approximate surface area is 189 Å². The summed E-state index contributed by atoms with van der Waals surface area (Å²) in [5.74, 6) is -3.22. The van der Waals surface area contributed by atoms with Gasteiger partial charge < -0.3 is 20.7 Å². The number of amides is 2. The van der Waals surface area contributed by atoms with Crippen LogP contribution in [-0.2, 0) is 22.8 Å². The van der Waals surface area contributed by atoms with Crippen molar-refractivity contribution in [3.05, 3.63) is 41.5 Å². The van der Waals surface area contributed by atoms with E-state index < -0.39 is 41.5 Å². The number of aromatic nitrogens is 3. The summed E-state index contributed by atoms with van der Waals surface area (Å²) in [4.78, 5) is 31.1. The Kier molecular flexibility index (Phi) is 4.88. The number of nitrogens with one attached hydrogen (secondary N) is 1. The smallest absolute Gasteiger partial charge is 0.416 e. The third-order valence-corrected chi connectivity index (χ3v) is 6.08. The maximum Gasteiger partial charge on any atom is 0.416 e. The van der Waals surface area contributed by atoms with Crippen LogP contribution in [0.1, 0.15) is 30.0 Å². The number of fused-ring (bicyclic) bond motifs is 4. The summed E-state index contributed by atoms with van der Waals surface area (Å²) >= 11 is 0. The first-order valence-electron chi connectivity index (χ1n) is 10.3. The molecular weight excluding hydrogens is 460 g/mol. The van der Waals surface area contributed by atoms with Gasteiger partial charge in [0, 0.05) is 19.0 Å². The highest BCUT2D eigenvalue weighted by Gasteiger charge is 2.47. The number of hydrogen-bond donors (Lipinski definition) is 2. The number of carbonyl (C=O) groups excluding carboxylic acids is 2. The largest absolute Gasteiger partial charge is 0.487 e. The molecule has 0 bridgehead atoms. The zero-order chi connectivity index (χ0) is 24.4. The summed E-state index contributed by atoms with van der Waals surface area (Å²) < 4.78 is 61.2. The van der Waals surface area contributed by atoms with E-state index in [-0.39, 0.29) is 29.4 Å². The average Bonchev–Trinajstić information content (AvgIpc) is 3.35. The molecule has 2 aliphatic rings. The molecule has 3 N–H and O–H groups in total. The van der Waals surface area contributed by atoms with Crippen LogP contribution in [0.3, 0.4) is 0 Å².